The van der Waals surface area contributed by atoms with E-state index in [4.69, 9.17) is 0 Å². The summed E-state index contributed by atoms with van der Waals surface area (Å²) >= 11 is 3.84. The first-order valence-electron chi connectivity index (χ1n) is 5.94. The van der Waals surface area contributed by atoms with Gasteiger partial charge >= 0.3 is 0 Å². The van der Waals surface area contributed by atoms with Gasteiger partial charge in [-0.2, -0.15) is 0 Å². The summed E-state index contributed by atoms with van der Waals surface area (Å²) in [6.45, 7) is 0. The van der Waals surface area contributed by atoms with E-state index in [9.17, 15) is 0 Å². The van der Waals surface area contributed by atoms with E-state index in [-0.39, 0.29) is 0 Å². The zero-order chi connectivity index (χ0) is 14.2. The van der Waals surface area contributed by atoms with Gasteiger partial charge in [0, 0.05) is 4.24 Å². The van der Waals surface area contributed by atoms with Crippen molar-refractivity contribution in [1.82, 2.24) is 0 Å². The molecule has 2 aliphatic rings. The maximum Gasteiger partial charge on any atom is 0.0637 e. The highest BCUT2D eigenvalue weighted by Crippen LogP contribution is 3.08. The minimum absolute atomic E-state index is 1.54. The van der Waals surface area contributed by atoms with Crippen LogP contribution in [0, 0.1) is 0 Å². The molecule has 0 spiro atoms. The van der Waals surface area contributed by atoms with Crippen molar-refractivity contribution in [3.05, 3.63) is 30.1 Å². The molecular weight excluding hydrogens is 296 g/mol. The van der Waals surface area contributed by atoms with E-state index >= 15 is 0 Å². The summed E-state index contributed by atoms with van der Waals surface area (Å²) in [6, 6.07) is 0. The summed E-state index contributed by atoms with van der Waals surface area (Å²) in [6.07, 6.45) is 20.0. The lowest BCUT2D eigenvalue weighted by Crippen LogP contribution is -2.38. The van der Waals surface area contributed by atoms with Gasteiger partial charge in [-0.25, -0.2) is 16.6 Å². The Morgan fingerprint density at radius 2 is 1.00 bits per heavy atom. The van der Waals surface area contributed by atoms with Crippen LogP contribution in [0.25, 0.3) is 0 Å². The average Bonchev–Trinajstić information content (AvgIpc) is 2.52. The third-order valence-corrected chi connectivity index (χ3v) is 17.5. The minimum Gasteiger partial charge on any atom is -0.243 e. The van der Waals surface area contributed by atoms with Crippen LogP contribution in [0.4, 0.5) is 0 Å². The van der Waals surface area contributed by atoms with Gasteiger partial charge < -0.3 is 0 Å². The maximum absolute atomic E-state index is 2.57. The third-order valence-electron chi connectivity index (χ3n) is 3.55. The summed E-state index contributed by atoms with van der Waals surface area (Å²) in [5.74, 6) is 0. The van der Waals surface area contributed by atoms with Crippen molar-refractivity contribution in [3.8, 4) is 0 Å². The second kappa shape index (κ2) is 2.68. The predicted molar refractivity (Wildman–Crippen MR) is 103 cm³/mol. The van der Waals surface area contributed by atoms with E-state index in [1.165, 1.54) is 4.24 Å². The van der Waals surface area contributed by atoms with Gasteiger partial charge in [0.15, 0.2) is 0 Å². The van der Waals surface area contributed by atoms with Gasteiger partial charge in [-0.1, -0.05) is 34.3 Å². The SMILES string of the molecule is CS1(C)(C)(C)C=CS(C)(C)(C)(C)C1=C1SC=CS1. The molecule has 0 fully saturated rings. The van der Waals surface area contributed by atoms with Crippen LogP contribution in [-0.4, -0.2) is 50.0 Å². The van der Waals surface area contributed by atoms with Crippen molar-refractivity contribution < 1.29 is 0 Å². The van der Waals surface area contributed by atoms with E-state index in [0.29, 0.717) is 0 Å². The molecule has 0 unspecified atom stereocenters. The Balaban J connectivity index is 2.93. The molecule has 0 nitrogen and oxygen atoms in total. The van der Waals surface area contributed by atoms with E-state index in [1.807, 2.05) is 23.5 Å². The highest BCUT2D eigenvalue weighted by atomic mass is 32.4. The fourth-order valence-corrected chi connectivity index (χ4v) is 30.1. The molecule has 108 valence electrons. The molecule has 0 bridgehead atoms. The Kier molecular flexibility index (Phi) is 2.24. The van der Waals surface area contributed by atoms with Gasteiger partial charge in [0.2, 0.25) is 0 Å². The summed E-state index contributed by atoms with van der Waals surface area (Å²) < 4.78 is 3.28. The van der Waals surface area contributed by atoms with Crippen molar-refractivity contribution in [2.45, 2.75) is 0 Å². The summed E-state index contributed by atoms with van der Waals surface area (Å²) in [5.41, 5.74) is 0. The van der Waals surface area contributed by atoms with Gasteiger partial charge in [-0.15, -0.1) is 0 Å². The van der Waals surface area contributed by atoms with Crippen molar-refractivity contribution in [2.75, 3.05) is 50.0 Å². The topological polar surface area (TPSA) is 0 Å². The van der Waals surface area contributed by atoms with Crippen LogP contribution in [0.15, 0.2) is 30.1 Å². The molecule has 18 heavy (non-hydrogen) atoms. The first-order valence-corrected chi connectivity index (χ1v) is 16.0. The third kappa shape index (κ3) is 2.23. The van der Waals surface area contributed by atoms with Crippen molar-refractivity contribution in [3.63, 3.8) is 0 Å². The average molecular weight is 325 g/mol. The second-order valence-electron chi connectivity index (χ2n) is 10.0. The fraction of sp³-hybridized carbons (Fsp3) is 0.571. The monoisotopic (exact) mass is 324 g/mol. The van der Waals surface area contributed by atoms with Crippen molar-refractivity contribution in [2.24, 2.45) is 0 Å². The number of hydrogen-bond acceptors (Lipinski definition) is 2. The highest BCUT2D eigenvalue weighted by Gasteiger charge is 2.64. The van der Waals surface area contributed by atoms with E-state index in [0.717, 1.165) is 0 Å². The molecule has 0 radical (unpaired) electrons. The molecule has 0 aromatic heterocycles. The lowest BCUT2D eigenvalue weighted by Gasteiger charge is -2.78. The Morgan fingerprint density at radius 3 is 1.33 bits per heavy atom. The van der Waals surface area contributed by atoms with Gasteiger partial charge in [0.05, 0.1) is 4.24 Å². The molecule has 2 aliphatic heterocycles. The molecule has 0 amide bonds. The van der Waals surface area contributed by atoms with Gasteiger partial charge in [0.25, 0.3) is 0 Å². The molecule has 0 aromatic carbocycles. The summed E-state index contributed by atoms with van der Waals surface area (Å²) in [5, 5.41) is 9.60. The molecular formula is C14H28S4. The van der Waals surface area contributed by atoms with Crippen molar-refractivity contribution >= 4 is 40.1 Å². The van der Waals surface area contributed by atoms with E-state index in [1.54, 1.807) is 4.24 Å². The molecule has 0 saturated heterocycles. The Morgan fingerprint density at radius 1 is 0.667 bits per heavy atom. The van der Waals surface area contributed by atoms with Gasteiger partial charge in [-0.05, 0) is 60.9 Å². The van der Waals surface area contributed by atoms with Crippen LogP contribution in [0.1, 0.15) is 0 Å². The lowest BCUT2D eigenvalue weighted by molar-refractivity contribution is 1.76. The molecule has 2 rings (SSSR count). The van der Waals surface area contributed by atoms with Crippen LogP contribution >= 0.6 is 40.1 Å². The van der Waals surface area contributed by atoms with Crippen molar-refractivity contribution in [1.29, 1.82) is 0 Å². The molecule has 0 atom stereocenters. The molecule has 2 heterocycles. The zero-order valence-electron chi connectivity index (χ0n) is 12.9. The van der Waals surface area contributed by atoms with Crippen LogP contribution in [0.3, 0.4) is 0 Å². The van der Waals surface area contributed by atoms with E-state index in [2.05, 4.69) is 71.7 Å². The second-order valence-corrected chi connectivity index (χ2v) is 31.0. The number of rotatable bonds is 0. The molecule has 0 N–H and O–H groups in total. The maximum atomic E-state index is 2.57. The molecule has 4 heteroatoms. The summed E-state index contributed by atoms with van der Waals surface area (Å²) in [4.78, 5) is 0. The zero-order valence-corrected chi connectivity index (χ0v) is 16.2. The number of hydrogen-bond donors (Lipinski definition) is 0. The number of thioether (sulfide) groups is 2. The predicted octanol–water partition coefficient (Wildman–Crippen LogP) is 5.34. The standard InChI is InChI=1S/C14H28S4/c1-17(2,3,4)11-12-18(5,6,7,8)14(17)13-15-9-10-16-13/h9-12H,1-8H3. The minimum atomic E-state index is -2.27. The molecule has 0 aliphatic carbocycles. The van der Waals surface area contributed by atoms with Gasteiger partial charge in [0.1, 0.15) is 0 Å². The smallest absolute Gasteiger partial charge is 0.0637 e. The Bertz CT molecular complexity index is 494. The summed E-state index contributed by atoms with van der Waals surface area (Å²) in [7, 11) is -4.54. The van der Waals surface area contributed by atoms with E-state index < -0.39 is 16.6 Å². The van der Waals surface area contributed by atoms with Gasteiger partial charge in [-0.3, -0.25) is 0 Å². The van der Waals surface area contributed by atoms with Crippen LogP contribution in [0.2, 0.25) is 0 Å². The first-order chi connectivity index (χ1) is 7.46. The fourth-order valence-electron chi connectivity index (χ4n) is 3.44. The quantitative estimate of drug-likeness (QED) is 0.590. The normalized spacial score (nSPS) is 43.6. The van der Waals surface area contributed by atoms with Crippen LogP contribution < -0.4 is 0 Å². The van der Waals surface area contributed by atoms with Crippen LogP contribution in [-0.2, 0) is 0 Å². The van der Waals surface area contributed by atoms with Crippen LogP contribution in [0.5, 0.6) is 0 Å². The lowest BCUT2D eigenvalue weighted by atomic mass is 11.2. The Labute approximate surface area is 120 Å². The molecule has 0 aromatic rings. The molecule has 0 saturated carbocycles. The Hall–Kier alpha value is 0.620. The first kappa shape index (κ1) is 15.0. The largest absolute Gasteiger partial charge is 0.243 e. The highest BCUT2D eigenvalue weighted by molar-refractivity contribution is 8.85.